The van der Waals surface area contributed by atoms with Crippen LogP contribution in [0.15, 0.2) is 79.0 Å². The van der Waals surface area contributed by atoms with Crippen LogP contribution in [-0.4, -0.2) is 16.7 Å². The lowest BCUT2D eigenvalue weighted by atomic mass is 10.00. The van der Waals surface area contributed by atoms with Crippen LogP contribution in [0.2, 0.25) is 0 Å². The molecule has 0 spiro atoms. The van der Waals surface area contributed by atoms with Crippen molar-refractivity contribution in [1.82, 2.24) is 4.90 Å². The predicted molar refractivity (Wildman–Crippen MR) is 104 cm³/mol. The standard InChI is InChI=1S/C23H16N2O2/c26-22-18-10-4-5-11-19(18)23(27)25(22)14-21-17-9-3-1-7-15(17)13-16-8-2-6-12-20(16)24-21/h1-12,14,24H,13H2. The van der Waals surface area contributed by atoms with E-state index in [4.69, 9.17) is 0 Å². The van der Waals surface area contributed by atoms with Crippen molar-refractivity contribution in [2.24, 2.45) is 0 Å². The molecule has 0 radical (unpaired) electrons. The molecule has 1 N–H and O–H groups in total. The van der Waals surface area contributed by atoms with Crippen LogP contribution in [0.3, 0.4) is 0 Å². The zero-order valence-corrected chi connectivity index (χ0v) is 14.5. The molecule has 0 saturated heterocycles. The van der Waals surface area contributed by atoms with E-state index in [9.17, 15) is 9.59 Å². The largest absolute Gasteiger partial charge is 0.354 e. The van der Waals surface area contributed by atoms with Crippen molar-refractivity contribution in [2.75, 3.05) is 5.32 Å². The second kappa shape index (κ2) is 5.95. The Balaban J connectivity index is 1.64. The van der Waals surface area contributed by atoms with Crippen LogP contribution < -0.4 is 5.32 Å². The van der Waals surface area contributed by atoms with E-state index in [1.54, 1.807) is 30.5 Å². The summed E-state index contributed by atoms with van der Waals surface area (Å²) in [6, 6.07) is 23.1. The van der Waals surface area contributed by atoms with Gasteiger partial charge in [0.1, 0.15) is 0 Å². The number of benzene rings is 3. The number of rotatable bonds is 1. The van der Waals surface area contributed by atoms with Crippen LogP contribution in [0, 0.1) is 0 Å². The molecule has 3 aromatic rings. The molecule has 0 saturated carbocycles. The number of amides is 2. The van der Waals surface area contributed by atoms with E-state index in [0.29, 0.717) is 11.1 Å². The van der Waals surface area contributed by atoms with Gasteiger partial charge >= 0.3 is 0 Å². The number of carbonyl (C=O) groups excluding carboxylic acids is 2. The molecule has 2 amide bonds. The SMILES string of the molecule is O=C1c2ccccc2C(=O)N1C=C1Nc2ccccc2Cc2ccccc21. The van der Waals surface area contributed by atoms with Crippen LogP contribution in [0.5, 0.6) is 0 Å². The maximum atomic E-state index is 12.8. The van der Waals surface area contributed by atoms with Gasteiger partial charge in [-0.25, -0.2) is 4.90 Å². The lowest BCUT2D eigenvalue weighted by Crippen LogP contribution is -2.25. The summed E-state index contributed by atoms with van der Waals surface area (Å²) in [4.78, 5) is 26.7. The summed E-state index contributed by atoms with van der Waals surface area (Å²) >= 11 is 0. The molecular formula is C23H16N2O2. The first-order chi connectivity index (χ1) is 13.2. The molecule has 5 rings (SSSR count). The first kappa shape index (κ1) is 15.6. The Hall–Kier alpha value is -3.66. The third-order valence-electron chi connectivity index (χ3n) is 5.06. The van der Waals surface area contributed by atoms with Crippen molar-refractivity contribution in [1.29, 1.82) is 0 Å². The highest BCUT2D eigenvalue weighted by Crippen LogP contribution is 2.33. The van der Waals surface area contributed by atoms with Crippen molar-refractivity contribution in [3.05, 3.63) is 107 Å². The van der Waals surface area contributed by atoms with Crippen LogP contribution in [0.1, 0.15) is 37.4 Å². The van der Waals surface area contributed by atoms with Gasteiger partial charge in [0, 0.05) is 23.9 Å². The van der Waals surface area contributed by atoms with Crippen LogP contribution in [-0.2, 0) is 6.42 Å². The number of para-hydroxylation sites is 1. The predicted octanol–water partition coefficient (Wildman–Crippen LogP) is 4.30. The van der Waals surface area contributed by atoms with E-state index >= 15 is 0 Å². The van der Waals surface area contributed by atoms with E-state index in [-0.39, 0.29) is 11.8 Å². The number of nitrogens with zero attached hydrogens (tertiary/aromatic N) is 1. The summed E-state index contributed by atoms with van der Waals surface area (Å²) in [6.45, 7) is 0. The van der Waals surface area contributed by atoms with E-state index in [2.05, 4.69) is 17.4 Å². The van der Waals surface area contributed by atoms with Crippen LogP contribution in [0.4, 0.5) is 5.69 Å². The van der Waals surface area contributed by atoms with Gasteiger partial charge in [-0.05, 0) is 29.3 Å². The van der Waals surface area contributed by atoms with Gasteiger partial charge in [-0.2, -0.15) is 0 Å². The number of anilines is 1. The molecule has 27 heavy (non-hydrogen) atoms. The van der Waals surface area contributed by atoms with Gasteiger partial charge in [-0.1, -0.05) is 54.6 Å². The minimum Gasteiger partial charge on any atom is -0.354 e. The highest BCUT2D eigenvalue weighted by molar-refractivity contribution is 6.22. The fraction of sp³-hybridized carbons (Fsp3) is 0.0435. The third-order valence-corrected chi connectivity index (χ3v) is 5.06. The second-order valence-electron chi connectivity index (χ2n) is 6.68. The summed E-state index contributed by atoms with van der Waals surface area (Å²) in [5, 5.41) is 3.43. The highest BCUT2D eigenvalue weighted by atomic mass is 16.2. The summed E-state index contributed by atoms with van der Waals surface area (Å²) in [6.07, 6.45) is 2.42. The lowest BCUT2D eigenvalue weighted by molar-refractivity contribution is 0.0722. The van der Waals surface area contributed by atoms with E-state index in [0.717, 1.165) is 28.9 Å². The highest BCUT2D eigenvalue weighted by Gasteiger charge is 2.34. The van der Waals surface area contributed by atoms with E-state index in [1.807, 2.05) is 36.4 Å². The van der Waals surface area contributed by atoms with E-state index in [1.165, 1.54) is 10.5 Å². The Kier molecular flexibility index (Phi) is 3.44. The zero-order valence-electron chi connectivity index (χ0n) is 14.5. The Morgan fingerprint density at radius 3 is 1.96 bits per heavy atom. The van der Waals surface area contributed by atoms with Crippen molar-refractivity contribution in [3.63, 3.8) is 0 Å². The van der Waals surface area contributed by atoms with Crippen molar-refractivity contribution in [3.8, 4) is 0 Å². The van der Waals surface area contributed by atoms with E-state index < -0.39 is 0 Å². The Morgan fingerprint density at radius 2 is 1.26 bits per heavy atom. The quantitative estimate of drug-likeness (QED) is 0.665. The molecule has 0 atom stereocenters. The molecule has 2 aliphatic rings. The topological polar surface area (TPSA) is 49.4 Å². The fourth-order valence-electron chi connectivity index (χ4n) is 3.71. The van der Waals surface area contributed by atoms with Crippen molar-refractivity contribution in [2.45, 2.75) is 6.42 Å². The molecule has 0 aliphatic carbocycles. The minimum atomic E-state index is -0.292. The monoisotopic (exact) mass is 352 g/mol. The maximum absolute atomic E-state index is 12.8. The number of hydrogen-bond acceptors (Lipinski definition) is 3. The molecular weight excluding hydrogens is 336 g/mol. The zero-order chi connectivity index (χ0) is 18.4. The molecule has 4 heteroatoms. The molecule has 2 aliphatic heterocycles. The summed E-state index contributed by atoms with van der Waals surface area (Å²) < 4.78 is 0. The fourth-order valence-corrected chi connectivity index (χ4v) is 3.71. The molecule has 4 nitrogen and oxygen atoms in total. The van der Waals surface area contributed by atoms with Gasteiger partial charge in [0.05, 0.1) is 16.8 Å². The number of fused-ring (bicyclic) bond motifs is 3. The molecule has 3 aromatic carbocycles. The Labute approximate surface area is 156 Å². The number of hydrogen-bond donors (Lipinski definition) is 1. The van der Waals surface area contributed by atoms with Gasteiger partial charge in [0.25, 0.3) is 11.8 Å². The molecule has 0 fully saturated rings. The first-order valence-corrected chi connectivity index (χ1v) is 8.84. The Bertz CT molecular complexity index is 1100. The summed E-state index contributed by atoms with van der Waals surface area (Å²) in [7, 11) is 0. The molecule has 2 heterocycles. The number of nitrogens with one attached hydrogen (secondary N) is 1. The van der Waals surface area contributed by atoms with Crippen molar-refractivity contribution >= 4 is 23.2 Å². The minimum absolute atomic E-state index is 0.292. The lowest BCUT2D eigenvalue weighted by Gasteiger charge is -2.15. The van der Waals surface area contributed by atoms with Gasteiger partial charge in [-0.15, -0.1) is 0 Å². The average Bonchev–Trinajstić information content (AvgIpc) is 2.86. The van der Waals surface area contributed by atoms with Crippen molar-refractivity contribution < 1.29 is 9.59 Å². The van der Waals surface area contributed by atoms with Gasteiger partial charge < -0.3 is 5.32 Å². The molecule has 0 aromatic heterocycles. The van der Waals surface area contributed by atoms with Gasteiger partial charge in [0.2, 0.25) is 0 Å². The number of imide groups is 1. The van der Waals surface area contributed by atoms with Crippen LogP contribution >= 0.6 is 0 Å². The van der Waals surface area contributed by atoms with Gasteiger partial charge in [-0.3, -0.25) is 9.59 Å². The smallest absolute Gasteiger partial charge is 0.265 e. The summed E-state index contributed by atoms with van der Waals surface area (Å²) in [5.41, 5.74) is 5.93. The summed E-state index contributed by atoms with van der Waals surface area (Å²) in [5.74, 6) is -0.583. The third kappa shape index (κ3) is 2.46. The molecule has 130 valence electrons. The maximum Gasteiger partial charge on any atom is 0.265 e. The van der Waals surface area contributed by atoms with Crippen LogP contribution in [0.25, 0.3) is 5.70 Å². The second-order valence-corrected chi connectivity index (χ2v) is 6.68. The number of carbonyl (C=O) groups is 2. The Morgan fingerprint density at radius 1 is 0.704 bits per heavy atom. The molecule has 0 unspecified atom stereocenters. The van der Waals surface area contributed by atoms with Gasteiger partial charge in [0.15, 0.2) is 0 Å². The first-order valence-electron chi connectivity index (χ1n) is 8.84. The molecule has 0 bridgehead atoms. The normalized spacial score (nSPS) is 16.4. The average molecular weight is 352 g/mol.